The third-order valence-electron chi connectivity index (χ3n) is 5.90. The topological polar surface area (TPSA) is 63.9 Å². The number of unbranched alkanes of at least 4 members (excludes halogenated alkanes) is 1. The van der Waals surface area contributed by atoms with Crippen molar-refractivity contribution < 1.29 is 9.53 Å². The minimum absolute atomic E-state index is 0.114. The Bertz CT molecular complexity index is 1340. The third kappa shape index (κ3) is 5.77. The van der Waals surface area contributed by atoms with Crippen LogP contribution < -0.4 is 10.3 Å². The lowest BCUT2D eigenvalue weighted by Gasteiger charge is -2.21. The summed E-state index contributed by atoms with van der Waals surface area (Å²) in [6.07, 6.45) is 7.45. The van der Waals surface area contributed by atoms with Crippen LogP contribution in [-0.4, -0.2) is 31.1 Å². The van der Waals surface area contributed by atoms with Crippen molar-refractivity contribution in [2.45, 2.75) is 39.5 Å². The molecule has 0 aliphatic carbocycles. The second-order valence-corrected chi connectivity index (χ2v) is 10.4. The van der Waals surface area contributed by atoms with Crippen molar-refractivity contribution in [3.63, 3.8) is 0 Å². The van der Waals surface area contributed by atoms with Gasteiger partial charge in [-0.25, -0.2) is 0 Å². The van der Waals surface area contributed by atoms with Gasteiger partial charge in [-0.05, 0) is 54.8 Å². The summed E-state index contributed by atoms with van der Waals surface area (Å²) in [5.74, 6) is 0.784. The number of aromatic nitrogens is 2. The van der Waals surface area contributed by atoms with E-state index in [4.69, 9.17) is 28.6 Å². The predicted octanol–water partition coefficient (Wildman–Crippen LogP) is 6.56. The Balaban J connectivity index is 1.71. The van der Waals surface area contributed by atoms with Gasteiger partial charge in [0.2, 0.25) is 5.88 Å². The van der Waals surface area contributed by atoms with Crippen molar-refractivity contribution in [2.24, 2.45) is 5.92 Å². The molecule has 182 valence electrons. The molecule has 1 aliphatic rings. The van der Waals surface area contributed by atoms with Crippen LogP contribution in [-0.2, 0) is 4.79 Å². The molecule has 0 spiro atoms. The Morgan fingerprint density at radius 2 is 1.94 bits per heavy atom. The van der Waals surface area contributed by atoms with Crippen LogP contribution >= 0.6 is 35.6 Å². The number of thiocarbonyl (C=S) groups is 1. The van der Waals surface area contributed by atoms with Crippen molar-refractivity contribution in [1.29, 1.82) is 0 Å². The van der Waals surface area contributed by atoms with E-state index in [1.807, 2.05) is 0 Å². The zero-order chi connectivity index (χ0) is 24.9. The van der Waals surface area contributed by atoms with Crippen molar-refractivity contribution >= 4 is 57.5 Å². The molecule has 4 rings (SSSR count). The first-order valence-electron chi connectivity index (χ1n) is 11.6. The normalized spacial score (nSPS) is 15.9. The van der Waals surface area contributed by atoms with Gasteiger partial charge in [-0.2, -0.15) is 4.98 Å². The average Bonchev–Trinajstić information content (AvgIpc) is 3.12. The van der Waals surface area contributed by atoms with Crippen LogP contribution in [0.5, 0.6) is 11.6 Å². The molecule has 35 heavy (non-hydrogen) atoms. The highest BCUT2D eigenvalue weighted by molar-refractivity contribution is 8.26. The van der Waals surface area contributed by atoms with Gasteiger partial charge < -0.3 is 4.74 Å². The third-order valence-corrected chi connectivity index (χ3v) is 7.53. The van der Waals surface area contributed by atoms with E-state index in [1.165, 1.54) is 16.2 Å². The number of rotatable bonds is 9. The Labute approximate surface area is 219 Å². The summed E-state index contributed by atoms with van der Waals surface area (Å²) < 4.78 is 7.92. The van der Waals surface area contributed by atoms with Gasteiger partial charge in [0.1, 0.15) is 21.3 Å². The van der Waals surface area contributed by atoms with E-state index in [0.29, 0.717) is 38.1 Å². The van der Waals surface area contributed by atoms with Crippen molar-refractivity contribution in [1.82, 2.24) is 14.3 Å². The van der Waals surface area contributed by atoms with E-state index >= 15 is 0 Å². The summed E-state index contributed by atoms with van der Waals surface area (Å²) in [4.78, 5) is 33.3. The molecule has 0 bridgehead atoms. The van der Waals surface area contributed by atoms with E-state index in [2.05, 4.69) is 18.8 Å². The highest BCUT2D eigenvalue weighted by Crippen LogP contribution is 2.35. The lowest BCUT2D eigenvalue weighted by atomic mass is 9.99. The minimum Gasteiger partial charge on any atom is -0.438 e. The van der Waals surface area contributed by atoms with Crippen LogP contribution in [0.25, 0.3) is 11.7 Å². The standard InChI is InChI=1S/C26H26ClN3O3S2/c1-3-5-8-17(4-2)16-30-25(32)21(35-26(30)34)15-20-23(33-19-12-10-18(27)11-13-19)28-22-9-6-7-14-29(22)24(20)31/h6-7,9-15,17H,3-5,8,16H2,1-2H3/b21-15-. The van der Waals surface area contributed by atoms with Gasteiger partial charge in [-0.3, -0.25) is 18.9 Å². The van der Waals surface area contributed by atoms with E-state index in [1.54, 1.807) is 59.6 Å². The number of fused-ring (bicyclic) bond motifs is 1. The summed E-state index contributed by atoms with van der Waals surface area (Å²) in [7, 11) is 0. The predicted molar refractivity (Wildman–Crippen MR) is 146 cm³/mol. The molecule has 0 N–H and O–H groups in total. The Hall–Kier alpha value is -2.68. The summed E-state index contributed by atoms with van der Waals surface area (Å²) in [6, 6.07) is 12.0. The molecular formula is C26H26ClN3O3S2. The second kappa shape index (κ2) is 11.4. The summed E-state index contributed by atoms with van der Waals surface area (Å²) in [5, 5.41) is 0.567. The molecule has 1 saturated heterocycles. The lowest BCUT2D eigenvalue weighted by molar-refractivity contribution is -0.122. The molecule has 2 aromatic heterocycles. The number of halogens is 1. The first-order valence-corrected chi connectivity index (χ1v) is 13.2. The molecule has 0 saturated carbocycles. The van der Waals surface area contributed by atoms with E-state index in [-0.39, 0.29) is 22.9 Å². The lowest BCUT2D eigenvalue weighted by Crippen LogP contribution is -2.33. The molecular weight excluding hydrogens is 502 g/mol. The van der Waals surface area contributed by atoms with Crippen LogP contribution in [0.3, 0.4) is 0 Å². The maximum absolute atomic E-state index is 13.4. The molecule has 1 unspecified atom stereocenters. The SMILES string of the molecule is CCCCC(CC)CN1C(=O)/C(=C/c2c(Oc3ccc(Cl)cc3)nc3ccccn3c2=O)SC1=S. The first kappa shape index (κ1) is 25.4. The number of ether oxygens (including phenoxy) is 1. The number of amides is 1. The highest BCUT2D eigenvalue weighted by atomic mass is 35.5. The molecule has 9 heteroatoms. The van der Waals surface area contributed by atoms with E-state index in [0.717, 1.165) is 25.7 Å². The minimum atomic E-state index is -0.334. The number of benzene rings is 1. The van der Waals surface area contributed by atoms with Gasteiger partial charge in [-0.1, -0.05) is 74.8 Å². The molecule has 1 amide bonds. The first-order chi connectivity index (χ1) is 16.9. The number of nitrogens with zero attached hydrogens (tertiary/aromatic N) is 3. The summed E-state index contributed by atoms with van der Waals surface area (Å²) in [6.45, 7) is 4.88. The number of carbonyl (C=O) groups excluding carboxylic acids is 1. The fraction of sp³-hybridized carbons (Fsp3) is 0.308. The molecule has 3 aromatic rings. The fourth-order valence-corrected chi connectivity index (χ4v) is 5.24. The molecule has 6 nitrogen and oxygen atoms in total. The highest BCUT2D eigenvalue weighted by Gasteiger charge is 2.34. The summed E-state index contributed by atoms with van der Waals surface area (Å²) >= 11 is 12.7. The number of thioether (sulfide) groups is 1. The van der Waals surface area contributed by atoms with Crippen molar-refractivity contribution in [3.05, 3.63) is 74.5 Å². The average molecular weight is 528 g/mol. The van der Waals surface area contributed by atoms with Crippen LogP contribution in [0.15, 0.2) is 58.4 Å². The van der Waals surface area contributed by atoms with Crippen LogP contribution in [0, 0.1) is 5.92 Å². The van der Waals surface area contributed by atoms with Crippen molar-refractivity contribution in [3.8, 4) is 11.6 Å². The summed E-state index contributed by atoms with van der Waals surface area (Å²) in [5.41, 5.74) is 0.286. The van der Waals surface area contributed by atoms with Crippen molar-refractivity contribution in [2.75, 3.05) is 6.54 Å². The van der Waals surface area contributed by atoms with Crippen LogP contribution in [0.2, 0.25) is 5.02 Å². The quantitative estimate of drug-likeness (QED) is 0.232. The van der Waals surface area contributed by atoms with Gasteiger partial charge in [-0.15, -0.1) is 0 Å². The Kier molecular flexibility index (Phi) is 8.26. The molecule has 1 aliphatic heterocycles. The van der Waals surface area contributed by atoms with E-state index in [9.17, 15) is 9.59 Å². The van der Waals surface area contributed by atoms with Crippen LogP contribution in [0.4, 0.5) is 0 Å². The number of hydrogen-bond acceptors (Lipinski definition) is 6. The van der Waals surface area contributed by atoms with Gasteiger partial charge >= 0.3 is 0 Å². The maximum atomic E-state index is 13.4. The zero-order valence-corrected chi connectivity index (χ0v) is 22.0. The molecule has 1 aromatic carbocycles. The Morgan fingerprint density at radius 3 is 2.66 bits per heavy atom. The number of carbonyl (C=O) groups is 1. The smallest absolute Gasteiger partial charge is 0.269 e. The molecule has 3 heterocycles. The number of hydrogen-bond donors (Lipinski definition) is 0. The second-order valence-electron chi connectivity index (χ2n) is 8.33. The molecule has 1 atom stereocenters. The van der Waals surface area contributed by atoms with Gasteiger partial charge in [0.15, 0.2) is 0 Å². The number of pyridine rings is 1. The molecule has 0 radical (unpaired) electrons. The largest absolute Gasteiger partial charge is 0.438 e. The van der Waals surface area contributed by atoms with Crippen LogP contribution in [0.1, 0.15) is 45.1 Å². The monoisotopic (exact) mass is 527 g/mol. The fourth-order valence-electron chi connectivity index (χ4n) is 3.86. The van der Waals surface area contributed by atoms with E-state index < -0.39 is 0 Å². The van der Waals surface area contributed by atoms with Gasteiger partial charge in [0.25, 0.3) is 11.5 Å². The van der Waals surface area contributed by atoms with Gasteiger partial charge in [0, 0.05) is 17.8 Å². The zero-order valence-electron chi connectivity index (χ0n) is 19.6. The Morgan fingerprint density at radius 1 is 1.17 bits per heavy atom. The van der Waals surface area contributed by atoms with Gasteiger partial charge in [0.05, 0.1) is 4.91 Å². The molecule has 1 fully saturated rings. The maximum Gasteiger partial charge on any atom is 0.269 e.